The first kappa shape index (κ1) is 47.2. The summed E-state index contributed by atoms with van der Waals surface area (Å²) in [6.45, 7) is 44.7. The predicted molar refractivity (Wildman–Crippen MR) is 169 cm³/mol. The van der Waals surface area contributed by atoms with E-state index < -0.39 is 0 Å². The Hall–Kier alpha value is 0. The van der Waals surface area contributed by atoms with Crippen molar-refractivity contribution in [2.24, 2.45) is 47.3 Å². The maximum absolute atomic E-state index is 2.30. The van der Waals surface area contributed by atoms with E-state index in [1.165, 1.54) is 38.5 Å². The molecule has 0 spiro atoms. The van der Waals surface area contributed by atoms with Crippen molar-refractivity contribution in [1.29, 1.82) is 0 Å². The van der Waals surface area contributed by atoms with E-state index in [1.807, 2.05) is 0 Å². The minimum Gasteiger partial charge on any atom is -0.0651 e. The molecule has 0 aromatic rings. The highest BCUT2D eigenvalue weighted by Gasteiger charge is 2.01. The zero-order chi connectivity index (χ0) is 28.9. The molecular formula is C34H80. The van der Waals surface area contributed by atoms with Crippen LogP contribution in [0, 0.1) is 47.3 Å². The Labute approximate surface area is 224 Å². The molecule has 0 saturated heterocycles. The number of rotatable bonds is 8. The molecule has 0 N–H and O–H groups in total. The second kappa shape index (κ2) is 37.5. The normalized spacial score (nSPS) is 11.8. The largest absolute Gasteiger partial charge is 0.0651 e. The maximum atomic E-state index is 2.30. The summed E-state index contributed by atoms with van der Waals surface area (Å²) in [5.74, 6) is 7.07. The van der Waals surface area contributed by atoms with Crippen LogP contribution >= 0.6 is 0 Å². The Kier molecular flexibility index (Phi) is 52.2. The molecule has 0 amide bonds. The average molecular weight is 489 g/mol. The van der Waals surface area contributed by atoms with Gasteiger partial charge in [-0.25, -0.2) is 0 Å². The Bertz CT molecular complexity index is 236. The number of hydrogen-bond donors (Lipinski definition) is 0. The zero-order valence-electron chi connectivity index (χ0n) is 28.9. The van der Waals surface area contributed by atoms with Crippen LogP contribution in [0.25, 0.3) is 0 Å². The fourth-order valence-corrected chi connectivity index (χ4v) is 0.943. The van der Waals surface area contributed by atoms with E-state index in [-0.39, 0.29) is 0 Å². The first-order valence-corrected chi connectivity index (χ1v) is 15.4. The molecule has 0 radical (unpaired) electrons. The fourth-order valence-electron chi connectivity index (χ4n) is 0.943. The quantitative estimate of drug-likeness (QED) is 0.318. The molecule has 0 saturated carbocycles. The fraction of sp³-hybridized carbons (Fsp3) is 1.00. The van der Waals surface area contributed by atoms with Crippen molar-refractivity contribution in [3.63, 3.8) is 0 Å². The van der Waals surface area contributed by atoms with E-state index in [0.717, 1.165) is 47.3 Å². The first-order valence-electron chi connectivity index (χ1n) is 15.4. The summed E-state index contributed by atoms with van der Waals surface area (Å²) in [4.78, 5) is 0. The average Bonchev–Trinajstić information content (AvgIpc) is 2.79. The second-order valence-corrected chi connectivity index (χ2v) is 12.5. The summed E-state index contributed by atoms with van der Waals surface area (Å²) in [5, 5.41) is 0. The van der Waals surface area contributed by atoms with E-state index >= 15 is 0 Å². The molecule has 0 bridgehead atoms. The molecule has 0 aromatic heterocycles. The molecule has 34 heavy (non-hydrogen) atoms. The molecule has 0 fully saturated rings. The highest BCUT2D eigenvalue weighted by molar-refractivity contribution is 4.52. The summed E-state index contributed by atoms with van der Waals surface area (Å²) < 4.78 is 0. The molecule has 0 nitrogen and oxygen atoms in total. The van der Waals surface area contributed by atoms with Crippen LogP contribution in [0.15, 0.2) is 0 Å². The van der Waals surface area contributed by atoms with Gasteiger partial charge >= 0.3 is 0 Å². The lowest BCUT2D eigenvalue weighted by atomic mass is 9.96. The lowest BCUT2D eigenvalue weighted by Gasteiger charge is -2.10. The summed E-state index contributed by atoms with van der Waals surface area (Å²) in [7, 11) is 0. The molecule has 0 aromatic carbocycles. The Balaban J connectivity index is -0.0000000697. The molecule has 0 aliphatic heterocycles. The van der Waals surface area contributed by atoms with Gasteiger partial charge in [-0.05, 0) is 47.3 Å². The van der Waals surface area contributed by atoms with E-state index in [4.69, 9.17) is 0 Å². The van der Waals surface area contributed by atoms with Crippen molar-refractivity contribution < 1.29 is 0 Å². The van der Waals surface area contributed by atoms with Gasteiger partial charge in [-0.2, -0.15) is 0 Å². The van der Waals surface area contributed by atoms with Crippen molar-refractivity contribution in [1.82, 2.24) is 0 Å². The van der Waals surface area contributed by atoms with Gasteiger partial charge in [0.25, 0.3) is 0 Å². The predicted octanol–water partition coefficient (Wildman–Crippen LogP) is 13.6. The number of hydrogen-bond acceptors (Lipinski definition) is 0. The topological polar surface area (TPSA) is 0 Å². The molecule has 2 atom stereocenters. The summed E-state index contributed by atoms with van der Waals surface area (Å²) in [5.41, 5.74) is 0. The van der Waals surface area contributed by atoms with Gasteiger partial charge in [0.15, 0.2) is 0 Å². The molecular weight excluding hydrogens is 408 g/mol. The van der Waals surface area contributed by atoms with Gasteiger partial charge in [0, 0.05) is 0 Å². The van der Waals surface area contributed by atoms with Crippen LogP contribution in [-0.2, 0) is 0 Å². The molecule has 0 aliphatic carbocycles. The van der Waals surface area contributed by atoms with Crippen molar-refractivity contribution in [2.45, 2.75) is 177 Å². The van der Waals surface area contributed by atoms with Crippen LogP contribution in [0.4, 0.5) is 0 Å². The molecule has 0 rings (SSSR count). The van der Waals surface area contributed by atoms with E-state index in [1.54, 1.807) is 0 Å². The van der Waals surface area contributed by atoms with Crippen LogP contribution in [0.1, 0.15) is 177 Å². The van der Waals surface area contributed by atoms with Crippen LogP contribution in [0.5, 0.6) is 0 Å². The van der Waals surface area contributed by atoms with Crippen LogP contribution in [0.3, 0.4) is 0 Å². The summed E-state index contributed by atoms with van der Waals surface area (Å²) in [6.07, 6.45) is 7.86. The third kappa shape index (κ3) is 76.9. The van der Waals surface area contributed by atoms with Gasteiger partial charge in [0.2, 0.25) is 0 Å². The Morgan fingerprint density at radius 1 is 0.265 bits per heavy atom. The van der Waals surface area contributed by atoms with Gasteiger partial charge in [0.1, 0.15) is 0 Å². The van der Waals surface area contributed by atoms with Crippen LogP contribution in [-0.4, -0.2) is 0 Å². The SMILES string of the molecule is CCC(C)C.CCC(C)C.CCC(C)C.CCC(C)C.CCC(C)C(C)C.CCC(C)C(C)C. The molecule has 2 unspecified atom stereocenters. The minimum atomic E-state index is 0.866. The van der Waals surface area contributed by atoms with E-state index in [2.05, 4.69) is 138 Å². The van der Waals surface area contributed by atoms with Gasteiger partial charge in [0.05, 0.1) is 0 Å². The van der Waals surface area contributed by atoms with Crippen LogP contribution in [0.2, 0.25) is 0 Å². The highest BCUT2D eigenvalue weighted by Crippen LogP contribution is 2.12. The third-order valence-corrected chi connectivity index (χ3v) is 6.83. The third-order valence-electron chi connectivity index (χ3n) is 6.83. The summed E-state index contributed by atoms with van der Waals surface area (Å²) in [6, 6.07) is 0. The highest BCUT2D eigenvalue weighted by atomic mass is 14.1. The molecule has 0 heterocycles. The molecule has 216 valence electrons. The van der Waals surface area contributed by atoms with Gasteiger partial charge in [-0.15, -0.1) is 0 Å². The zero-order valence-corrected chi connectivity index (χ0v) is 28.9. The summed E-state index contributed by atoms with van der Waals surface area (Å²) >= 11 is 0. The lowest BCUT2D eigenvalue weighted by Crippen LogP contribution is -2.00. The van der Waals surface area contributed by atoms with Gasteiger partial charge in [-0.1, -0.05) is 177 Å². The first-order chi connectivity index (χ1) is 15.4. The van der Waals surface area contributed by atoms with Crippen molar-refractivity contribution in [3.8, 4) is 0 Å². The van der Waals surface area contributed by atoms with Crippen molar-refractivity contribution in [2.75, 3.05) is 0 Å². The lowest BCUT2D eigenvalue weighted by molar-refractivity contribution is 0.407. The Morgan fingerprint density at radius 3 is 0.382 bits per heavy atom. The van der Waals surface area contributed by atoms with Crippen LogP contribution < -0.4 is 0 Å². The Morgan fingerprint density at radius 2 is 0.382 bits per heavy atom. The molecule has 0 heteroatoms. The smallest absolute Gasteiger partial charge is 0.0422 e. The maximum Gasteiger partial charge on any atom is -0.0422 e. The second-order valence-electron chi connectivity index (χ2n) is 12.5. The van der Waals surface area contributed by atoms with Crippen molar-refractivity contribution >= 4 is 0 Å². The van der Waals surface area contributed by atoms with E-state index in [9.17, 15) is 0 Å². The molecule has 0 aliphatic rings. The van der Waals surface area contributed by atoms with Gasteiger partial charge < -0.3 is 0 Å². The standard InChI is InChI=1S/2C7H16.4C5H12/c2*1-5-7(4)6(2)3;4*1-4-5(2)3/h2*6-7H,5H2,1-4H3;4*5H,4H2,1-3H3. The van der Waals surface area contributed by atoms with Gasteiger partial charge in [-0.3, -0.25) is 0 Å². The van der Waals surface area contributed by atoms with Crippen molar-refractivity contribution in [3.05, 3.63) is 0 Å². The monoisotopic (exact) mass is 489 g/mol. The van der Waals surface area contributed by atoms with E-state index in [0.29, 0.717) is 0 Å². The minimum absolute atomic E-state index is 0.866.